The van der Waals surface area contributed by atoms with Gasteiger partial charge in [0, 0.05) is 23.5 Å². The summed E-state index contributed by atoms with van der Waals surface area (Å²) in [5, 5.41) is 4.55. The minimum absolute atomic E-state index is 0.638. The van der Waals surface area contributed by atoms with Crippen LogP contribution in [0.4, 0.5) is 0 Å². The van der Waals surface area contributed by atoms with E-state index in [1.807, 2.05) is 30.6 Å². The molecule has 0 aliphatic heterocycles. The van der Waals surface area contributed by atoms with Crippen LogP contribution in [-0.4, -0.2) is 19.9 Å². The quantitative estimate of drug-likeness (QED) is 0.202. The van der Waals surface area contributed by atoms with Gasteiger partial charge in [-0.1, -0.05) is 78.9 Å². The summed E-state index contributed by atoms with van der Waals surface area (Å²) >= 11 is 0. The van der Waals surface area contributed by atoms with Crippen LogP contribution in [0.25, 0.3) is 77.8 Å². The number of oxazole rings is 2. The second-order valence-electron chi connectivity index (χ2n) is 10.0. The Morgan fingerprint density at radius 1 is 0.405 bits per heavy atom. The second-order valence-corrected chi connectivity index (χ2v) is 10.0. The van der Waals surface area contributed by atoms with E-state index < -0.39 is 0 Å². The highest BCUT2D eigenvalue weighted by Crippen LogP contribution is 2.44. The van der Waals surface area contributed by atoms with Gasteiger partial charge < -0.3 is 8.83 Å². The van der Waals surface area contributed by atoms with Gasteiger partial charge in [-0.25, -0.2) is 9.97 Å². The molecule has 198 valence electrons. The summed E-state index contributed by atoms with van der Waals surface area (Å²) < 4.78 is 10.9. The molecule has 6 heteroatoms. The zero-order valence-electron chi connectivity index (χ0n) is 22.3. The van der Waals surface area contributed by atoms with E-state index >= 15 is 0 Å². The normalized spacial score (nSPS) is 11.3. The van der Waals surface area contributed by atoms with Crippen LogP contribution in [0.3, 0.4) is 0 Å². The third-order valence-corrected chi connectivity index (χ3v) is 7.60. The first-order chi connectivity index (χ1) is 20.8. The minimum atomic E-state index is 0.638. The van der Waals surface area contributed by atoms with Crippen LogP contribution in [0.1, 0.15) is 0 Å². The molecular weight excluding hydrogens is 520 g/mol. The second kappa shape index (κ2) is 9.94. The van der Waals surface area contributed by atoms with Crippen molar-refractivity contribution in [2.45, 2.75) is 0 Å². The lowest BCUT2D eigenvalue weighted by molar-refractivity contribution is 0.569. The van der Waals surface area contributed by atoms with E-state index in [2.05, 4.69) is 88.8 Å². The molecule has 4 aromatic heterocycles. The molecule has 0 aliphatic rings. The predicted octanol–water partition coefficient (Wildman–Crippen LogP) is 9.09. The molecule has 0 spiro atoms. The molecule has 0 N–H and O–H groups in total. The van der Waals surface area contributed by atoms with Gasteiger partial charge in [0.05, 0.1) is 12.4 Å². The first-order valence-electron chi connectivity index (χ1n) is 13.6. The molecule has 0 amide bonds. The number of fused-ring (bicyclic) bond motifs is 2. The molecule has 6 nitrogen and oxygen atoms in total. The van der Waals surface area contributed by atoms with Crippen molar-refractivity contribution in [2.24, 2.45) is 0 Å². The Hall–Kier alpha value is -5.88. The highest BCUT2D eigenvalue weighted by molar-refractivity contribution is 6.21. The molecule has 0 atom stereocenters. The molecule has 4 aromatic carbocycles. The fourth-order valence-corrected chi connectivity index (χ4v) is 5.67. The lowest BCUT2D eigenvalue weighted by Crippen LogP contribution is -1.93. The largest absolute Gasteiger partial charge is 0.442 e. The molecule has 0 bridgehead atoms. The summed E-state index contributed by atoms with van der Waals surface area (Å²) in [6, 6.07) is 33.9. The molecule has 0 fully saturated rings. The smallest absolute Gasteiger partial charge is 0.181 e. The summed E-state index contributed by atoms with van der Waals surface area (Å²) in [6.45, 7) is 0. The van der Waals surface area contributed by atoms with Crippen molar-refractivity contribution in [3.63, 3.8) is 0 Å². The molecule has 4 heterocycles. The van der Waals surface area contributed by atoms with Gasteiger partial charge in [-0.15, -0.1) is 0 Å². The highest BCUT2D eigenvalue weighted by atomic mass is 16.3. The van der Waals surface area contributed by atoms with Gasteiger partial charge in [-0.2, -0.15) is 0 Å². The molecule has 0 unspecified atom stereocenters. The van der Waals surface area contributed by atoms with Crippen molar-refractivity contribution in [3.05, 3.63) is 135 Å². The van der Waals surface area contributed by atoms with Gasteiger partial charge in [0.1, 0.15) is 11.4 Å². The standard InChI is InChI=1S/C36H22N4O2/c1-2-6-23(7-3-1)24-10-13-29-30(16-24)36(26-12-15-32(40-18-26)34-20-38-22-42-34)28-9-5-4-8-27(28)35(29)25-11-14-31(39-17-25)33-19-37-21-41-33/h1-22H. The highest BCUT2D eigenvalue weighted by Gasteiger charge is 2.18. The first kappa shape index (κ1) is 24.0. The van der Waals surface area contributed by atoms with Crippen LogP contribution < -0.4 is 0 Å². The molecule has 0 radical (unpaired) electrons. The number of aromatic nitrogens is 4. The molecular formula is C36H22N4O2. The van der Waals surface area contributed by atoms with Gasteiger partial charge in [0.15, 0.2) is 24.3 Å². The van der Waals surface area contributed by atoms with Crippen molar-refractivity contribution in [1.82, 2.24) is 19.9 Å². The fourth-order valence-electron chi connectivity index (χ4n) is 5.67. The fraction of sp³-hybridized carbons (Fsp3) is 0. The topological polar surface area (TPSA) is 77.8 Å². The Kier molecular flexibility index (Phi) is 5.67. The summed E-state index contributed by atoms with van der Waals surface area (Å²) in [5.74, 6) is 1.28. The van der Waals surface area contributed by atoms with Crippen LogP contribution in [-0.2, 0) is 0 Å². The van der Waals surface area contributed by atoms with E-state index in [4.69, 9.17) is 18.8 Å². The Balaban J connectivity index is 1.40. The number of hydrogen-bond acceptors (Lipinski definition) is 6. The zero-order chi connectivity index (χ0) is 27.9. The Morgan fingerprint density at radius 3 is 1.45 bits per heavy atom. The number of benzene rings is 4. The van der Waals surface area contributed by atoms with Gasteiger partial charge in [-0.3, -0.25) is 9.97 Å². The van der Waals surface area contributed by atoms with Gasteiger partial charge in [0.25, 0.3) is 0 Å². The van der Waals surface area contributed by atoms with Gasteiger partial charge in [0.2, 0.25) is 0 Å². The van der Waals surface area contributed by atoms with Crippen LogP contribution in [0.5, 0.6) is 0 Å². The molecule has 0 saturated carbocycles. The summed E-state index contributed by atoms with van der Waals surface area (Å²) in [7, 11) is 0. The van der Waals surface area contributed by atoms with Crippen molar-refractivity contribution >= 4 is 21.5 Å². The average molecular weight is 543 g/mol. The van der Waals surface area contributed by atoms with Crippen LogP contribution in [0.2, 0.25) is 0 Å². The molecule has 42 heavy (non-hydrogen) atoms. The lowest BCUT2D eigenvalue weighted by atomic mass is 9.85. The molecule has 8 aromatic rings. The summed E-state index contributed by atoms with van der Waals surface area (Å²) in [6.07, 6.45) is 10.0. The van der Waals surface area contributed by atoms with Crippen molar-refractivity contribution in [1.29, 1.82) is 0 Å². The maximum atomic E-state index is 5.48. The van der Waals surface area contributed by atoms with Gasteiger partial charge in [-0.05, 0) is 62.0 Å². The maximum Gasteiger partial charge on any atom is 0.181 e. The minimum Gasteiger partial charge on any atom is -0.442 e. The number of nitrogens with zero attached hydrogens (tertiary/aromatic N) is 4. The maximum absolute atomic E-state index is 5.48. The molecule has 8 rings (SSSR count). The van der Waals surface area contributed by atoms with Crippen LogP contribution >= 0.6 is 0 Å². The Morgan fingerprint density at radius 2 is 0.929 bits per heavy atom. The van der Waals surface area contributed by atoms with Crippen molar-refractivity contribution < 1.29 is 8.83 Å². The van der Waals surface area contributed by atoms with Crippen molar-refractivity contribution in [3.8, 4) is 56.3 Å². The van der Waals surface area contributed by atoms with E-state index in [0.717, 1.165) is 66.3 Å². The van der Waals surface area contributed by atoms with E-state index in [9.17, 15) is 0 Å². The lowest BCUT2D eigenvalue weighted by Gasteiger charge is -2.18. The monoisotopic (exact) mass is 542 g/mol. The number of hydrogen-bond donors (Lipinski definition) is 0. The van der Waals surface area contributed by atoms with Crippen LogP contribution in [0, 0.1) is 0 Å². The summed E-state index contributed by atoms with van der Waals surface area (Å²) in [5.41, 5.74) is 8.10. The first-order valence-corrected chi connectivity index (χ1v) is 13.6. The van der Waals surface area contributed by atoms with E-state index in [1.165, 1.54) is 12.8 Å². The predicted molar refractivity (Wildman–Crippen MR) is 164 cm³/mol. The average Bonchev–Trinajstić information content (AvgIpc) is 3.80. The van der Waals surface area contributed by atoms with E-state index in [-0.39, 0.29) is 0 Å². The summed E-state index contributed by atoms with van der Waals surface area (Å²) in [4.78, 5) is 17.6. The van der Waals surface area contributed by atoms with Crippen LogP contribution in [0.15, 0.2) is 143 Å². The third-order valence-electron chi connectivity index (χ3n) is 7.60. The molecule has 0 saturated heterocycles. The Labute approximate surface area is 241 Å². The van der Waals surface area contributed by atoms with Gasteiger partial charge >= 0.3 is 0 Å². The zero-order valence-corrected chi connectivity index (χ0v) is 22.3. The SMILES string of the molecule is c1ccc(-c2ccc3c(-c4ccc(-c5cnco5)nc4)c4ccccc4c(-c4ccc(-c5cnco5)nc4)c3c2)cc1. The van der Waals surface area contributed by atoms with Crippen molar-refractivity contribution in [2.75, 3.05) is 0 Å². The third kappa shape index (κ3) is 4.05. The number of rotatable bonds is 5. The Bertz CT molecular complexity index is 2150. The number of pyridine rings is 2. The van der Waals surface area contributed by atoms with E-state index in [1.54, 1.807) is 12.4 Å². The molecule has 0 aliphatic carbocycles. The van der Waals surface area contributed by atoms with E-state index in [0.29, 0.717) is 11.5 Å².